The van der Waals surface area contributed by atoms with Gasteiger partial charge in [-0.05, 0) is 24.6 Å². The molecule has 2 N–H and O–H groups in total. The Morgan fingerprint density at radius 3 is 2.45 bits per heavy atom. The van der Waals surface area contributed by atoms with Crippen molar-refractivity contribution in [2.75, 3.05) is 18.9 Å². The maximum atomic E-state index is 10.6. The number of likely N-dealkylation sites (N-methyl/N-ethyl adjacent to an activating group) is 1. The van der Waals surface area contributed by atoms with Gasteiger partial charge in [0.2, 0.25) is 5.95 Å². The summed E-state index contributed by atoms with van der Waals surface area (Å²) in [5, 5.41) is 20.4. The van der Waals surface area contributed by atoms with Crippen molar-refractivity contribution in [3.8, 4) is 22.8 Å². The van der Waals surface area contributed by atoms with Crippen LogP contribution >= 0.6 is 11.6 Å². The maximum Gasteiger partial charge on any atom is 0.251 e. The molecule has 0 spiro atoms. The average Bonchev–Trinajstić information content (AvgIpc) is 3.54. The Morgan fingerprint density at radius 1 is 1.12 bits per heavy atom. The highest BCUT2D eigenvalue weighted by Crippen LogP contribution is 2.22. The topological polar surface area (TPSA) is 135 Å². The zero-order valence-electron chi connectivity index (χ0n) is 17.9. The van der Waals surface area contributed by atoms with Crippen LogP contribution in [0.15, 0.2) is 53.4 Å². The van der Waals surface area contributed by atoms with Crippen LogP contribution in [0.2, 0.25) is 5.15 Å². The summed E-state index contributed by atoms with van der Waals surface area (Å²) in [5.74, 6) is 0.819. The van der Waals surface area contributed by atoms with Gasteiger partial charge in [0.1, 0.15) is 23.2 Å². The first kappa shape index (κ1) is 22.4. The number of rotatable bonds is 4. The van der Waals surface area contributed by atoms with Gasteiger partial charge in [0.15, 0.2) is 5.82 Å². The van der Waals surface area contributed by atoms with Gasteiger partial charge >= 0.3 is 0 Å². The number of likely N-dealkylation sites (tertiary alicyclic amines) is 1. The highest BCUT2D eigenvalue weighted by atomic mass is 35.5. The summed E-state index contributed by atoms with van der Waals surface area (Å²) in [6.45, 7) is 0.694. The Balaban J connectivity index is 0.000000275. The molecule has 1 saturated heterocycles. The van der Waals surface area contributed by atoms with Gasteiger partial charge in [-0.3, -0.25) is 9.48 Å². The molecule has 4 aromatic heterocycles. The van der Waals surface area contributed by atoms with E-state index in [2.05, 4.69) is 30.5 Å². The number of amides is 1. The molecule has 1 amide bonds. The molecule has 1 fully saturated rings. The summed E-state index contributed by atoms with van der Waals surface area (Å²) in [6.07, 6.45) is 3.03. The summed E-state index contributed by atoms with van der Waals surface area (Å²) in [5.41, 5.74) is 2.74. The van der Waals surface area contributed by atoms with Crippen LogP contribution in [0, 0.1) is 0 Å². The molecule has 4 aromatic rings. The molecule has 0 bridgehead atoms. The van der Waals surface area contributed by atoms with Crippen molar-refractivity contribution in [3.63, 3.8) is 0 Å². The van der Waals surface area contributed by atoms with Crippen molar-refractivity contribution in [1.29, 1.82) is 0 Å². The third-order valence-corrected chi connectivity index (χ3v) is 5.18. The maximum absolute atomic E-state index is 10.6. The van der Waals surface area contributed by atoms with Crippen LogP contribution in [0.25, 0.3) is 22.8 Å². The molecule has 5 rings (SSSR count). The quantitative estimate of drug-likeness (QED) is 0.463. The SMILES string of the molecule is CN1CCC(O)C1=O.Cn1nc(Nc2nccc(-c3cccc(-c4ccon4)n3)n2)cc1Cl. The van der Waals surface area contributed by atoms with E-state index in [0.717, 1.165) is 0 Å². The minimum Gasteiger partial charge on any atom is -0.383 e. The average molecular weight is 469 g/mol. The Labute approximate surface area is 194 Å². The van der Waals surface area contributed by atoms with E-state index in [9.17, 15) is 4.79 Å². The number of carbonyl (C=O) groups is 1. The number of hydrogen-bond acceptors (Lipinski definition) is 9. The standard InChI is InChI=1S/C16H12ClN7O.C5H9NO2/c1-24-14(17)9-15(22-24)21-16-18-7-5-12(20-16)10-3-2-4-11(19-10)13-6-8-25-23-13;1-6-3-2-4(7)5(6)8/h2-9H,1H3,(H,18,20,21,22);4,7H,2-3H2,1H3. The Bertz CT molecular complexity index is 1210. The molecule has 1 atom stereocenters. The highest BCUT2D eigenvalue weighted by Gasteiger charge is 2.26. The van der Waals surface area contributed by atoms with E-state index in [4.69, 9.17) is 21.2 Å². The zero-order chi connectivity index (χ0) is 23.4. The van der Waals surface area contributed by atoms with Gasteiger partial charge in [-0.25, -0.2) is 15.0 Å². The second-order valence-corrected chi connectivity index (χ2v) is 7.61. The van der Waals surface area contributed by atoms with Gasteiger partial charge in [-0.1, -0.05) is 22.8 Å². The van der Waals surface area contributed by atoms with E-state index in [0.29, 0.717) is 52.7 Å². The second-order valence-electron chi connectivity index (χ2n) is 7.22. The summed E-state index contributed by atoms with van der Waals surface area (Å²) in [4.78, 5) is 25.4. The van der Waals surface area contributed by atoms with Crippen molar-refractivity contribution in [2.24, 2.45) is 7.05 Å². The first-order valence-corrected chi connectivity index (χ1v) is 10.4. The van der Waals surface area contributed by atoms with Gasteiger partial charge in [-0.15, -0.1) is 0 Å². The molecule has 0 aliphatic carbocycles. The van der Waals surface area contributed by atoms with Crippen molar-refractivity contribution < 1.29 is 14.4 Å². The minimum atomic E-state index is -0.722. The van der Waals surface area contributed by atoms with Crippen LogP contribution in [-0.4, -0.2) is 65.5 Å². The van der Waals surface area contributed by atoms with Crippen LogP contribution in [0.4, 0.5) is 11.8 Å². The van der Waals surface area contributed by atoms with Gasteiger partial charge in [0.25, 0.3) is 5.91 Å². The zero-order valence-corrected chi connectivity index (χ0v) is 18.6. The molecule has 1 unspecified atom stereocenters. The molecule has 12 heteroatoms. The van der Waals surface area contributed by atoms with Crippen LogP contribution in [0.3, 0.4) is 0 Å². The molecular weight excluding hydrogens is 448 g/mol. The van der Waals surface area contributed by atoms with E-state index >= 15 is 0 Å². The number of nitrogens with one attached hydrogen (secondary N) is 1. The second kappa shape index (κ2) is 9.76. The number of pyridine rings is 1. The van der Waals surface area contributed by atoms with E-state index in [1.165, 1.54) is 11.2 Å². The number of aromatic nitrogens is 6. The fourth-order valence-electron chi connectivity index (χ4n) is 3.05. The van der Waals surface area contributed by atoms with E-state index in [1.54, 1.807) is 43.2 Å². The van der Waals surface area contributed by atoms with Crippen molar-refractivity contribution in [1.82, 2.24) is 34.8 Å². The summed E-state index contributed by atoms with van der Waals surface area (Å²) < 4.78 is 6.42. The van der Waals surface area contributed by atoms with E-state index in [-0.39, 0.29) is 5.91 Å². The predicted octanol–water partition coefficient (Wildman–Crippen LogP) is 2.53. The smallest absolute Gasteiger partial charge is 0.251 e. The third-order valence-electron chi connectivity index (χ3n) is 4.83. The highest BCUT2D eigenvalue weighted by molar-refractivity contribution is 6.29. The van der Waals surface area contributed by atoms with Gasteiger partial charge in [-0.2, -0.15) is 5.10 Å². The number of nitrogens with zero attached hydrogens (tertiary/aromatic N) is 7. The van der Waals surface area contributed by atoms with Crippen molar-refractivity contribution >= 4 is 29.3 Å². The number of carbonyl (C=O) groups excluding carboxylic acids is 1. The Morgan fingerprint density at radius 2 is 1.88 bits per heavy atom. The number of halogens is 1. The van der Waals surface area contributed by atoms with E-state index < -0.39 is 6.10 Å². The number of anilines is 2. The Kier molecular flexibility index (Phi) is 6.61. The predicted molar refractivity (Wildman–Crippen MR) is 121 cm³/mol. The fraction of sp³-hybridized carbons (Fsp3) is 0.238. The Hall–Kier alpha value is -3.83. The monoisotopic (exact) mass is 468 g/mol. The lowest BCUT2D eigenvalue weighted by Crippen LogP contribution is -2.24. The van der Waals surface area contributed by atoms with Crippen LogP contribution in [-0.2, 0) is 11.8 Å². The van der Waals surface area contributed by atoms with Crippen LogP contribution < -0.4 is 5.32 Å². The first-order valence-electron chi connectivity index (χ1n) is 10.0. The molecule has 0 radical (unpaired) electrons. The summed E-state index contributed by atoms with van der Waals surface area (Å²) >= 11 is 5.99. The molecule has 0 saturated carbocycles. The van der Waals surface area contributed by atoms with Gasteiger partial charge in [0, 0.05) is 39.0 Å². The lowest BCUT2D eigenvalue weighted by atomic mass is 10.2. The molecule has 33 heavy (non-hydrogen) atoms. The normalized spacial score (nSPS) is 15.3. The molecule has 1 aliphatic rings. The van der Waals surface area contributed by atoms with Crippen LogP contribution in [0.5, 0.6) is 0 Å². The minimum absolute atomic E-state index is 0.148. The number of aryl methyl sites for hydroxylation is 1. The first-order chi connectivity index (χ1) is 15.9. The lowest BCUT2D eigenvalue weighted by molar-refractivity contribution is -0.133. The number of hydrogen-bond donors (Lipinski definition) is 2. The van der Waals surface area contributed by atoms with Gasteiger partial charge < -0.3 is 19.8 Å². The summed E-state index contributed by atoms with van der Waals surface area (Å²) in [7, 11) is 3.45. The molecule has 170 valence electrons. The third kappa shape index (κ3) is 5.33. The fourth-order valence-corrected chi connectivity index (χ4v) is 3.19. The number of aliphatic hydroxyl groups is 1. The van der Waals surface area contributed by atoms with Gasteiger partial charge in [0.05, 0.1) is 17.1 Å². The molecule has 0 aromatic carbocycles. The van der Waals surface area contributed by atoms with Crippen molar-refractivity contribution in [2.45, 2.75) is 12.5 Å². The summed E-state index contributed by atoms with van der Waals surface area (Å²) in [6, 6.07) is 10.8. The van der Waals surface area contributed by atoms with E-state index in [1.807, 2.05) is 18.2 Å². The van der Waals surface area contributed by atoms with Crippen LogP contribution in [0.1, 0.15) is 6.42 Å². The molecule has 11 nitrogen and oxygen atoms in total. The van der Waals surface area contributed by atoms with Crippen molar-refractivity contribution in [3.05, 3.63) is 54.0 Å². The molecule has 5 heterocycles. The molecular formula is C21H21ClN8O3. The number of aliphatic hydroxyl groups excluding tert-OH is 1. The largest absolute Gasteiger partial charge is 0.383 e. The lowest BCUT2D eigenvalue weighted by Gasteiger charge is -2.05. The molecule has 1 aliphatic heterocycles.